The number of halogens is 3. The molecule has 0 fully saturated rings. The van der Waals surface area contributed by atoms with E-state index in [-0.39, 0.29) is 0 Å². The van der Waals surface area contributed by atoms with Crippen LogP contribution in [0.3, 0.4) is 0 Å². The maximum atomic E-state index is 12.3. The predicted octanol–water partition coefficient (Wildman–Crippen LogP) is 3.53. The predicted molar refractivity (Wildman–Crippen MR) is 67.6 cm³/mol. The molecule has 0 aromatic rings. The highest BCUT2D eigenvalue weighted by atomic mass is 31.2. The molecular formula is C12H16F3O4P. The Hall–Kier alpha value is -0.980. The molecule has 20 heavy (non-hydrogen) atoms. The number of hydrogen-bond donors (Lipinski definition) is 0. The van der Waals surface area contributed by atoms with Crippen LogP contribution in [0.15, 0.2) is 0 Å². The fraction of sp³-hybridized carbons (Fsp3) is 0.667. The van der Waals surface area contributed by atoms with Gasteiger partial charge in [-0.1, -0.05) is 11.8 Å². The minimum absolute atomic E-state index is 1.32. The van der Waals surface area contributed by atoms with Crippen molar-refractivity contribution in [3.8, 4) is 24.7 Å². The number of phosphoric ester groups is 1. The average molecular weight is 312 g/mol. The summed E-state index contributed by atoms with van der Waals surface area (Å²) in [5, 5.41) is 0. The molecule has 4 nitrogen and oxygen atoms in total. The molecule has 0 N–H and O–H groups in total. The van der Waals surface area contributed by atoms with E-state index >= 15 is 0 Å². The maximum absolute atomic E-state index is 12.3. The molecule has 0 aromatic carbocycles. The minimum atomic E-state index is -4.71. The van der Waals surface area contributed by atoms with Crippen LogP contribution in [0.25, 0.3) is 0 Å². The first-order valence-electron chi connectivity index (χ1n) is 5.43. The van der Waals surface area contributed by atoms with Crippen molar-refractivity contribution in [2.45, 2.75) is 45.1 Å². The van der Waals surface area contributed by atoms with Crippen molar-refractivity contribution in [3.63, 3.8) is 0 Å². The van der Waals surface area contributed by atoms with Crippen LogP contribution in [0, 0.1) is 24.7 Å². The molecule has 0 aliphatic carbocycles. The summed E-state index contributed by atoms with van der Waals surface area (Å²) >= 11 is 0. The van der Waals surface area contributed by atoms with E-state index in [1.807, 2.05) is 0 Å². The van der Waals surface area contributed by atoms with Gasteiger partial charge in [0.15, 0.2) is 6.61 Å². The molecule has 0 heterocycles. The summed E-state index contributed by atoms with van der Waals surface area (Å²) < 4.78 is 62.8. The Morgan fingerprint density at radius 3 is 1.60 bits per heavy atom. The van der Waals surface area contributed by atoms with Crippen LogP contribution in [0.4, 0.5) is 13.2 Å². The SMILES string of the molecule is C#CC(C)(C)OP(=O)(OCC(F)(F)F)OC(C)(C)C#C. The Bertz CT molecular complexity index is 437. The van der Waals surface area contributed by atoms with Crippen LogP contribution in [0.2, 0.25) is 0 Å². The summed E-state index contributed by atoms with van der Waals surface area (Å²) in [6, 6.07) is 0. The number of rotatable bonds is 6. The van der Waals surface area contributed by atoms with Crippen LogP contribution in [-0.2, 0) is 18.1 Å². The van der Waals surface area contributed by atoms with E-state index in [1.54, 1.807) is 0 Å². The lowest BCUT2D eigenvalue weighted by Crippen LogP contribution is -2.28. The third kappa shape index (κ3) is 7.57. The van der Waals surface area contributed by atoms with Gasteiger partial charge in [-0.25, -0.2) is 4.57 Å². The fourth-order valence-electron chi connectivity index (χ4n) is 0.835. The lowest BCUT2D eigenvalue weighted by Gasteiger charge is -2.29. The van der Waals surface area contributed by atoms with Gasteiger partial charge in [0.1, 0.15) is 11.2 Å². The van der Waals surface area contributed by atoms with Crippen molar-refractivity contribution in [1.29, 1.82) is 0 Å². The van der Waals surface area contributed by atoms with Gasteiger partial charge in [0.25, 0.3) is 0 Å². The molecule has 0 bridgehead atoms. The molecule has 0 aromatic heterocycles. The molecule has 114 valence electrons. The second kappa shape index (κ2) is 6.20. The Balaban J connectivity index is 5.22. The van der Waals surface area contributed by atoms with E-state index in [0.29, 0.717) is 0 Å². The van der Waals surface area contributed by atoms with Crippen molar-refractivity contribution < 1.29 is 31.3 Å². The van der Waals surface area contributed by atoms with E-state index in [2.05, 4.69) is 16.4 Å². The number of phosphoric acid groups is 1. The zero-order valence-electron chi connectivity index (χ0n) is 11.6. The van der Waals surface area contributed by atoms with Gasteiger partial charge >= 0.3 is 14.0 Å². The molecule has 0 rings (SSSR count). The largest absolute Gasteiger partial charge is 0.478 e. The Labute approximate surface area is 116 Å². The number of alkyl halides is 3. The molecule has 0 saturated heterocycles. The first kappa shape index (κ1) is 19.0. The van der Waals surface area contributed by atoms with E-state index in [9.17, 15) is 17.7 Å². The van der Waals surface area contributed by atoms with Gasteiger partial charge in [-0.3, -0.25) is 13.6 Å². The molecule has 0 saturated carbocycles. The maximum Gasteiger partial charge on any atom is 0.478 e. The normalized spacial score (nSPS) is 13.7. The second-order valence-corrected chi connectivity index (χ2v) is 6.35. The quantitative estimate of drug-likeness (QED) is 0.556. The van der Waals surface area contributed by atoms with Gasteiger partial charge in [-0.05, 0) is 27.7 Å². The highest BCUT2D eigenvalue weighted by Crippen LogP contribution is 2.55. The molecule has 0 atom stereocenters. The Morgan fingerprint density at radius 1 is 1.00 bits per heavy atom. The van der Waals surface area contributed by atoms with Crippen molar-refractivity contribution in [2.24, 2.45) is 0 Å². The van der Waals surface area contributed by atoms with Gasteiger partial charge in [-0.15, -0.1) is 12.8 Å². The van der Waals surface area contributed by atoms with Crippen molar-refractivity contribution >= 4 is 7.82 Å². The monoisotopic (exact) mass is 312 g/mol. The van der Waals surface area contributed by atoms with Gasteiger partial charge in [0.2, 0.25) is 0 Å². The van der Waals surface area contributed by atoms with E-state index in [0.717, 1.165) is 0 Å². The zero-order chi connectivity index (χ0) is 16.2. The van der Waals surface area contributed by atoms with Crippen LogP contribution in [0.5, 0.6) is 0 Å². The van der Waals surface area contributed by atoms with Crippen molar-refractivity contribution in [1.82, 2.24) is 0 Å². The van der Waals surface area contributed by atoms with Crippen LogP contribution in [-0.4, -0.2) is 24.0 Å². The molecule has 0 aliphatic heterocycles. The Morgan fingerprint density at radius 2 is 1.35 bits per heavy atom. The zero-order valence-corrected chi connectivity index (χ0v) is 12.5. The molecular weight excluding hydrogens is 296 g/mol. The van der Waals surface area contributed by atoms with E-state index in [1.165, 1.54) is 27.7 Å². The topological polar surface area (TPSA) is 44.8 Å². The second-order valence-electron chi connectivity index (χ2n) is 4.83. The summed E-state index contributed by atoms with van der Waals surface area (Å²) in [6.07, 6.45) is 5.54. The molecule has 0 unspecified atom stereocenters. The molecule has 0 radical (unpaired) electrons. The van der Waals surface area contributed by atoms with E-state index in [4.69, 9.17) is 21.9 Å². The minimum Gasteiger partial charge on any atom is -0.277 e. The first-order chi connectivity index (χ1) is 8.74. The van der Waals surface area contributed by atoms with Crippen molar-refractivity contribution in [2.75, 3.05) is 6.61 Å². The highest BCUT2D eigenvalue weighted by Gasteiger charge is 2.42. The summed E-state index contributed by atoms with van der Waals surface area (Å²) in [6.45, 7) is 3.48. The lowest BCUT2D eigenvalue weighted by atomic mass is 10.2. The Kier molecular flexibility index (Phi) is 5.89. The highest BCUT2D eigenvalue weighted by molar-refractivity contribution is 7.48. The van der Waals surface area contributed by atoms with Crippen LogP contribution < -0.4 is 0 Å². The standard InChI is InChI=1S/C12H16F3O4P/c1-7-10(3,4)18-20(16,17-9-12(13,14)15)19-11(5,6)8-2/h1-2H,9H2,3-6H3. The summed E-state index contributed by atoms with van der Waals surface area (Å²) in [4.78, 5) is 0. The molecule has 0 amide bonds. The summed E-state index contributed by atoms with van der Waals surface area (Å²) in [7, 11) is -4.60. The third-order valence-corrected chi connectivity index (χ3v) is 3.57. The number of hydrogen-bond acceptors (Lipinski definition) is 4. The summed E-state index contributed by atoms with van der Waals surface area (Å²) in [5.41, 5.74) is -2.91. The average Bonchev–Trinajstić information content (AvgIpc) is 2.24. The molecule has 0 aliphatic rings. The smallest absolute Gasteiger partial charge is 0.277 e. The number of terminal acetylenes is 2. The molecule has 0 spiro atoms. The van der Waals surface area contributed by atoms with Crippen molar-refractivity contribution in [3.05, 3.63) is 0 Å². The lowest BCUT2D eigenvalue weighted by molar-refractivity contribution is -0.160. The summed E-state index contributed by atoms with van der Waals surface area (Å²) in [5.74, 6) is 4.22. The van der Waals surface area contributed by atoms with Gasteiger partial charge in [0, 0.05) is 0 Å². The van der Waals surface area contributed by atoms with Gasteiger partial charge in [0.05, 0.1) is 0 Å². The van der Waals surface area contributed by atoms with Crippen LogP contribution in [0.1, 0.15) is 27.7 Å². The first-order valence-corrected chi connectivity index (χ1v) is 6.89. The molecule has 8 heteroatoms. The van der Waals surface area contributed by atoms with E-state index < -0.39 is 31.8 Å². The van der Waals surface area contributed by atoms with Gasteiger partial charge < -0.3 is 0 Å². The fourth-order valence-corrected chi connectivity index (χ4v) is 2.51. The third-order valence-electron chi connectivity index (χ3n) is 1.76. The van der Waals surface area contributed by atoms with Crippen LogP contribution >= 0.6 is 7.82 Å². The van der Waals surface area contributed by atoms with Gasteiger partial charge in [-0.2, -0.15) is 13.2 Å².